The van der Waals surface area contributed by atoms with Crippen molar-refractivity contribution in [2.24, 2.45) is 5.92 Å². The van der Waals surface area contributed by atoms with E-state index in [0.29, 0.717) is 6.04 Å². The fourth-order valence-electron chi connectivity index (χ4n) is 2.59. The zero-order chi connectivity index (χ0) is 13.7. The number of rotatable bonds is 5. The second kappa shape index (κ2) is 7.25. The van der Waals surface area contributed by atoms with Gasteiger partial charge in [0, 0.05) is 36.8 Å². The van der Waals surface area contributed by atoms with Crippen molar-refractivity contribution in [2.75, 3.05) is 18.0 Å². The van der Waals surface area contributed by atoms with Gasteiger partial charge in [0.05, 0.1) is 0 Å². The molecule has 0 aliphatic carbocycles. The highest BCUT2D eigenvalue weighted by atomic mass is 32.1. The molecule has 2 heterocycles. The minimum Gasteiger partial charge on any atom is -0.348 e. The number of aromatic nitrogens is 1. The fraction of sp³-hybridized carbons (Fsp3) is 0.800. The standard InChI is InChI=1S/C15H27N3S/c1-4-13-6-5-8-18(9-7-13)15-17-11-14(19-15)10-16-12(2)3/h11-13,16H,4-10H2,1-3H3. The quantitative estimate of drug-likeness (QED) is 0.893. The van der Waals surface area contributed by atoms with Crippen LogP contribution in [0.2, 0.25) is 0 Å². The number of anilines is 1. The summed E-state index contributed by atoms with van der Waals surface area (Å²) in [5, 5.41) is 4.68. The lowest BCUT2D eigenvalue weighted by Crippen LogP contribution is -2.23. The molecular formula is C15H27N3S. The zero-order valence-corrected chi connectivity index (χ0v) is 13.3. The molecule has 1 aliphatic heterocycles. The zero-order valence-electron chi connectivity index (χ0n) is 12.5. The van der Waals surface area contributed by atoms with Crippen LogP contribution >= 0.6 is 11.3 Å². The number of nitrogens with zero attached hydrogens (tertiary/aromatic N) is 2. The summed E-state index contributed by atoms with van der Waals surface area (Å²) in [7, 11) is 0. The third-order valence-corrected chi connectivity index (χ3v) is 4.98. The molecule has 1 N–H and O–H groups in total. The molecule has 19 heavy (non-hydrogen) atoms. The summed E-state index contributed by atoms with van der Waals surface area (Å²) in [4.78, 5) is 8.45. The highest BCUT2D eigenvalue weighted by Crippen LogP contribution is 2.27. The lowest BCUT2D eigenvalue weighted by molar-refractivity contribution is 0.459. The van der Waals surface area contributed by atoms with Crippen molar-refractivity contribution in [3.63, 3.8) is 0 Å². The van der Waals surface area contributed by atoms with Crippen molar-refractivity contribution < 1.29 is 0 Å². The maximum absolute atomic E-state index is 4.61. The van der Waals surface area contributed by atoms with Crippen LogP contribution in [-0.4, -0.2) is 24.1 Å². The molecule has 3 nitrogen and oxygen atoms in total. The molecule has 0 aromatic carbocycles. The average Bonchev–Trinajstić information content (AvgIpc) is 2.73. The number of hydrogen-bond donors (Lipinski definition) is 1. The van der Waals surface area contributed by atoms with Crippen LogP contribution in [0.3, 0.4) is 0 Å². The van der Waals surface area contributed by atoms with Crippen LogP contribution in [0.25, 0.3) is 0 Å². The first-order valence-electron chi connectivity index (χ1n) is 7.62. The van der Waals surface area contributed by atoms with Gasteiger partial charge in [-0.3, -0.25) is 0 Å². The third kappa shape index (κ3) is 4.46. The normalized spacial score (nSPS) is 20.8. The minimum atomic E-state index is 0.536. The van der Waals surface area contributed by atoms with Gasteiger partial charge in [-0.25, -0.2) is 4.98 Å². The van der Waals surface area contributed by atoms with Crippen LogP contribution in [0.1, 0.15) is 51.3 Å². The molecule has 4 heteroatoms. The topological polar surface area (TPSA) is 28.2 Å². The summed E-state index contributed by atoms with van der Waals surface area (Å²) >= 11 is 1.85. The Morgan fingerprint density at radius 2 is 2.26 bits per heavy atom. The van der Waals surface area contributed by atoms with Gasteiger partial charge >= 0.3 is 0 Å². The molecule has 1 atom stereocenters. The molecule has 1 aliphatic rings. The first-order valence-corrected chi connectivity index (χ1v) is 8.43. The van der Waals surface area contributed by atoms with Gasteiger partial charge in [-0.15, -0.1) is 11.3 Å². The Labute approximate surface area is 121 Å². The second-order valence-electron chi connectivity index (χ2n) is 5.84. The molecule has 0 radical (unpaired) electrons. The van der Waals surface area contributed by atoms with Gasteiger partial charge in [0.25, 0.3) is 0 Å². The van der Waals surface area contributed by atoms with Gasteiger partial charge in [-0.05, 0) is 25.2 Å². The Kier molecular flexibility index (Phi) is 5.64. The van der Waals surface area contributed by atoms with E-state index in [-0.39, 0.29) is 0 Å². The first-order chi connectivity index (χ1) is 9.19. The third-order valence-electron chi connectivity index (χ3n) is 3.92. The molecular weight excluding hydrogens is 254 g/mol. The van der Waals surface area contributed by atoms with Crippen LogP contribution in [0, 0.1) is 5.92 Å². The molecule has 2 rings (SSSR count). The maximum atomic E-state index is 4.61. The summed E-state index contributed by atoms with van der Waals surface area (Å²) in [6.07, 6.45) is 7.40. The average molecular weight is 281 g/mol. The lowest BCUT2D eigenvalue weighted by Gasteiger charge is -2.19. The summed E-state index contributed by atoms with van der Waals surface area (Å²) in [5.74, 6) is 0.923. The molecule has 1 fully saturated rings. The molecule has 1 aromatic rings. The summed E-state index contributed by atoms with van der Waals surface area (Å²) in [5.41, 5.74) is 0. The van der Waals surface area contributed by atoms with Crippen LogP contribution in [0.15, 0.2) is 6.20 Å². The van der Waals surface area contributed by atoms with Crippen molar-refractivity contribution in [1.29, 1.82) is 0 Å². The van der Waals surface area contributed by atoms with E-state index in [2.05, 4.69) is 36.0 Å². The fourth-order valence-corrected chi connectivity index (χ4v) is 3.51. The summed E-state index contributed by atoms with van der Waals surface area (Å²) in [6, 6.07) is 0.536. The van der Waals surface area contributed by atoms with Gasteiger partial charge in [0.15, 0.2) is 5.13 Å². The van der Waals surface area contributed by atoms with Crippen LogP contribution in [-0.2, 0) is 6.54 Å². The van der Waals surface area contributed by atoms with Gasteiger partial charge in [0.2, 0.25) is 0 Å². The Morgan fingerprint density at radius 1 is 1.42 bits per heavy atom. The Morgan fingerprint density at radius 3 is 3.00 bits per heavy atom. The van der Waals surface area contributed by atoms with Crippen molar-refractivity contribution in [3.8, 4) is 0 Å². The van der Waals surface area contributed by atoms with Crippen molar-refractivity contribution in [1.82, 2.24) is 10.3 Å². The predicted octanol–water partition coefficient (Wildman–Crippen LogP) is 3.66. The van der Waals surface area contributed by atoms with Crippen LogP contribution < -0.4 is 10.2 Å². The Hall–Kier alpha value is -0.610. The van der Waals surface area contributed by atoms with E-state index in [1.165, 1.54) is 48.8 Å². The summed E-state index contributed by atoms with van der Waals surface area (Å²) < 4.78 is 0. The molecule has 1 aromatic heterocycles. The van der Waals surface area contributed by atoms with Gasteiger partial charge < -0.3 is 10.2 Å². The molecule has 0 spiro atoms. The molecule has 0 bridgehead atoms. The molecule has 1 saturated heterocycles. The van der Waals surface area contributed by atoms with E-state index in [9.17, 15) is 0 Å². The maximum Gasteiger partial charge on any atom is 0.185 e. The van der Waals surface area contributed by atoms with E-state index in [1.807, 2.05) is 17.5 Å². The number of nitrogens with one attached hydrogen (secondary N) is 1. The predicted molar refractivity (Wildman–Crippen MR) is 83.9 cm³/mol. The van der Waals surface area contributed by atoms with Gasteiger partial charge in [0.1, 0.15) is 0 Å². The number of hydrogen-bond acceptors (Lipinski definition) is 4. The van der Waals surface area contributed by atoms with Crippen molar-refractivity contribution in [3.05, 3.63) is 11.1 Å². The molecule has 0 amide bonds. The molecule has 1 unspecified atom stereocenters. The minimum absolute atomic E-state index is 0.536. The van der Waals surface area contributed by atoms with E-state index >= 15 is 0 Å². The van der Waals surface area contributed by atoms with E-state index in [4.69, 9.17) is 0 Å². The van der Waals surface area contributed by atoms with Crippen molar-refractivity contribution >= 4 is 16.5 Å². The Balaban J connectivity index is 1.90. The van der Waals surface area contributed by atoms with E-state index in [0.717, 1.165) is 12.5 Å². The molecule has 108 valence electrons. The van der Waals surface area contributed by atoms with Crippen LogP contribution in [0.5, 0.6) is 0 Å². The van der Waals surface area contributed by atoms with Gasteiger partial charge in [-0.1, -0.05) is 27.2 Å². The Bertz CT molecular complexity index is 375. The highest BCUT2D eigenvalue weighted by Gasteiger charge is 2.18. The second-order valence-corrected chi connectivity index (χ2v) is 6.93. The lowest BCUT2D eigenvalue weighted by atomic mass is 9.98. The number of thiazole rings is 1. The molecule has 0 saturated carbocycles. The monoisotopic (exact) mass is 281 g/mol. The van der Waals surface area contributed by atoms with Gasteiger partial charge in [-0.2, -0.15) is 0 Å². The van der Waals surface area contributed by atoms with E-state index in [1.54, 1.807) is 0 Å². The SMILES string of the molecule is CCC1CCCN(c2ncc(CNC(C)C)s2)CC1. The highest BCUT2D eigenvalue weighted by molar-refractivity contribution is 7.15. The first kappa shape index (κ1) is 14.8. The summed E-state index contributed by atoms with van der Waals surface area (Å²) in [6.45, 7) is 9.99. The van der Waals surface area contributed by atoms with E-state index < -0.39 is 0 Å². The van der Waals surface area contributed by atoms with Crippen molar-refractivity contribution in [2.45, 2.75) is 59.0 Å². The van der Waals surface area contributed by atoms with Crippen LogP contribution in [0.4, 0.5) is 5.13 Å². The smallest absolute Gasteiger partial charge is 0.185 e. The largest absolute Gasteiger partial charge is 0.348 e.